The molecule has 1 saturated heterocycles. The topological polar surface area (TPSA) is 319 Å². The van der Waals surface area contributed by atoms with E-state index < -0.39 is 95.7 Å². The zero-order valence-electron chi connectivity index (χ0n) is 42.6. The van der Waals surface area contributed by atoms with E-state index in [1.807, 2.05) is 58.0 Å². The van der Waals surface area contributed by atoms with Crippen LogP contribution in [0.3, 0.4) is 0 Å². The molecule has 0 aliphatic carbocycles. The second-order valence-electron chi connectivity index (χ2n) is 20.1. The van der Waals surface area contributed by atoms with Crippen LogP contribution in [0.5, 0.6) is 5.75 Å². The molecule has 8 atom stereocenters. The Hall–Kier alpha value is -7.13. The van der Waals surface area contributed by atoms with Gasteiger partial charge in [-0.15, -0.1) is 0 Å². The van der Waals surface area contributed by atoms with Crippen LogP contribution in [-0.2, 0) is 59.2 Å². The first-order valence-corrected chi connectivity index (χ1v) is 25.1. The van der Waals surface area contributed by atoms with Crippen molar-refractivity contribution in [2.24, 2.45) is 23.5 Å². The van der Waals surface area contributed by atoms with Gasteiger partial charge in [-0.05, 0) is 66.7 Å². The molecule has 21 nitrogen and oxygen atoms in total. The number of H-pyrrole nitrogens is 2. The lowest BCUT2D eigenvalue weighted by molar-refractivity contribution is -0.142. The van der Waals surface area contributed by atoms with Crippen LogP contribution in [0.2, 0.25) is 0 Å². The Balaban J connectivity index is 1.30. The molecule has 2 aromatic heterocycles. The molecule has 2 aromatic carbocycles. The molecule has 3 heterocycles. The van der Waals surface area contributed by atoms with Crippen molar-refractivity contribution in [3.63, 3.8) is 0 Å². The maximum atomic E-state index is 14.5. The van der Waals surface area contributed by atoms with Crippen molar-refractivity contribution in [3.8, 4) is 5.75 Å². The Morgan fingerprint density at radius 2 is 1.23 bits per heavy atom. The fourth-order valence-electron chi connectivity index (χ4n) is 8.88. The lowest BCUT2D eigenvalue weighted by Gasteiger charge is -2.30. The highest BCUT2D eigenvalue weighted by molar-refractivity contribution is 5.95. The number of carboxylic acids is 1. The van der Waals surface area contributed by atoms with Crippen LogP contribution < -0.4 is 37.6 Å². The van der Waals surface area contributed by atoms with Crippen LogP contribution in [0.4, 0.5) is 0 Å². The number of likely N-dealkylation sites (tertiary alicyclic amines) is 1. The van der Waals surface area contributed by atoms with Gasteiger partial charge >= 0.3 is 5.97 Å². The monoisotopic (exact) mass is 1010 g/mol. The lowest BCUT2D eigenvalue weighted by atomic mass is 9.98. The molecule has 0 unspecified atom stereocenters. The molecule has 73 heavy (non-hydrogen) atoms. The van der Waals surface area contributed by atoms with Crippen LogP contribution in [0.1, 0.15) is 89.7 Å². The number of imidazole rings is 2. The van der Waals surface area contributed by atoms with E-state index in [0.29, 0.717) is 49.2 Å². The fraction of sp³-hybridized carbons (Fsp3) is 0.519. The number of benzene rings is 2. The highest BCUT2D eigenvalue weighted by Crippen LogP contribution is 2.20. The molecular weight excluding hydrogens is 937 g/mol. The molecule has 396 valence electrons. The quantitative estimate of drug-likeness (QED) is 0.0386. The number of rotatable bonds is 28. The van der Waals surface area contributed by atoms with Gasteiger partial charge in [0.25, 0.3) is 0 Å². The number of aromatic nitrogens is 4. The number of phenolic OH excluding ortho intramolecular Hbond substituents is 1. The predicted molar refractivity (Wildman–Crippen MR) is 272 cm³/mol. The number of aromatic amines is 2. The van der Waals surface area contributed by atoms with E-state index in [0.717, 1.165) is 5.56 Å². The molecule has 0 bridgehead atoms. The minimum absolute atomic E-state index is 0.0131. The van der Waals surface area contributed by atoms with E-state index in [2.05, 4.69) is 51.8 Å². The number of nitrogens with two attached hydrogens (primary N) is 1. The summed E-state index contributed by atoms with van der Waals surface area (Å²) in [5.74, 6) is -4.80. The number of carboxylic acid groups (broad SMARTS) is 1. The van der Waals surface area contributed by atoms with Gasteiger partial charge in [0.1, 0.15) is 36.0 Å². The van der Waals surface area contributed by atoms with Crippen molar-refractivity contribution in [3.05, 3.63) is 102 Å². The Labute approximate surface area is 426 Å². The van der Waals surface area contributed by atoms with Crippen molar-refractivity contribution >= 4 is 41.4 Å². The average molecular weight is 1010 g/mol. The summed E-state index contributed by atoms with van der Waals surface area (Å²) in [6.07, 6.45) is 8.09. The van der Waals surface area contributed by atoms with Crippen LogP contribution in [0, 0.1) is 17.8 Å². The number of hydrogen-bond donors (Lipinski definition) is 11. The van der Waals surface area contributed by atoms with E-state index in [-0.39, 0.29) is 49.8 Å². The molecule has 6 amide bonds. The SMILES string of the molecule is CC(C)C[C@@H](CN[C@@H](CC(C)C)C(=O)N[C@H](C(=O)N[C@@H](Cc1ccc(O)cc1)C(=O)O)C(C)C)NC(=O)[C@H](Cc1cnc[nH]1)NC(=O)[C@H](Cc1ccccc1)NC(=O)[C@@H]1CCCN1C(=O)[C@@H](N)Cc1cnc[nH]1. The van der Waals surface area contributed by atoms with Crippen molar-refractivity contribution < 1.29 is 43.8 Å². The van der Waals surface area contributed by atoms with Gasteiger partial charge in [-0.3, -0.25) is 28.8 Å². The summed E-state index contributed by atoms with van der Waals surface area (Å²) < 4.78 is 0. The molecule has 0 radical (unpaired) electrons. The summed E-state index contributed by atoms with van der Waals surface area (Å²) in [7, 11) is 0. The van der Waals surface area contributed by atoms with Crippen molar-refractivity contribution in [1.82, 2.24) is 56.7 Å². The van der Waals surface area contributed by atoms with Crippen LogP contribution in [0.15, 0.2) is 79.6 Å². The number of phenols is 1. The van der Waals surface area contributed by atoms with Crippen LogP contribution >= 0.6 is 0 Å². The molecule has 1 aliphatic rings. The zero-order chi connectivity index (χ0) is 53.2. The predicted octanol–water partition coefficient (Wildman–Crippen LogP) is 1.64. The Morgan fingerprint density at radius 3 is 1.82 bits per heavy atom. The first kappa shape index (κ1) is 56.8. The number of carbonyl (C=O) groups excluding carboxylic acids is 6. The minimum atomic E-state index is -1.31. The number of hydrogen-bond acceptors (Lipinski definition) is 12. The molecule has 0 saturated carbocycles. The Kier molecular flexibility index (Phi) is 21.5. The Morgan fingerprint density at radius 1 is 0.671 bits per heavy atom. The van der Waals surface area contributed by atoms with E-state index in [1.165, 1.54) is 29.7 Å². The maximum absolute atomic E-state index is 14.5. The molecule has 0 spiro atoms. The second-order valence-corrected chi connectivity index (χ2v) is 20.1. The van der Waals surface area contributed by atoms with E-state index >= 15 is 0 Å². The lowest BCUT2D eigenvalue weighted by Crippen LogP contribution is -2.60. The average Bonchev–Trinajstić information content (AvgIpc) is 4.16. The Bertz CT molecular complexity index is 2400. The summed E-state index contributed by atoms with van der Waals surface area (Å²) in [6.45, 7) is 11.8. The molecular formula is C52H74N12O9. The van der Waals surface area contributed by atoms with Gasteiger partial charge in [0, 0.05) is 68.6 Å². The highest BCUT2D eigenvalue weighted by Gasteiger charge is 2.39. The van der Waals surface area contributed by atoms with Gasteiger partial charge in [-0.2, -0.15) is 0 Å². The van der Waals surface area contributed by atoms with Crippen LogP contribution in [0.25, 0.3) is 0 Å². The second kappa shape index (κ2) is 27.6. The maximum Gasteiger partial charge on any atom is 0.326 e. The molecule has 12 N–H and O–H groups in total. The normalized spacial score (nSPS) is 16.5. The van der Waals surface area contributed by atoms with Crippen molar-refractivity contribution in [1.29, 1.82) is 0 Å². The summed E-state index contributed by atoms with van der Waals surface area (Å²) in [4.78, 5) is 112. The molecule has 4 aromatic rings. The number of aliphatic carboxylic acids is 1. The van der Waals surface area contributed by atoms with Gasteiger partial charge in [-0.1, -0.05) is 84.0 Å². The highest BCUT2D eigenvalue weighted by atomic mass is 16.4. The third-order valence-corrected chi connectivity index (χ3v) is 12.7. The summed E-state index contributed by atoms with van der Waals surface area (Å²) >= 11 is 0. The van der Waals surface area contributed by atoms with E-state index in [1.54, 1.807) is 38.4 Å². The van der Waals surface area contributed by atoms with Gasteiger partial charge in [-0.25, -0.2) is 14.8 Å². The third-order valence-electron chi connectivity index (χ3n) is 12.7. The minimum Gasteiger partial charge on any atom is -0.508 e. The molecule has 21 heteroatoms. The smallest absolute Gasteiger partial charge is 0.326 e. The molecule has 1 fully saturated rings. The van der Waals surface area contributed by atoms with E-state index in [4.69, 9.17) is 5.73 Å². The largest absolute Gasteiger partial charge is 0.508 e. The standard InChI is InChI=1S/C52H74N12O9/c1-30(2)19-37(27-56-40(20-31(3)4)46(66)63-45(32(5)6)50(70)62-43(52(72)73)22-34-14-16-38(65)17-15-34)59-47(67)42(24-36-26-55-29-58-36)60-48(68)41(21-33-11-8-7-9-12-33)61-49(69)44-13-10-18-64(44)51(71)39(53)23-35-25-54-28-57-35/h7-9,11-12,14-17,25-26,28-32,37,39-45,56,65H,10,13,18-24,27,53H2,1-6H3,(H,54,57)(H,55,58)(H,59,67)(H,60,68)(H,61,69)(H,62,70)(H,63,66)(H,72,73)/t37-,39-,40-,41-,42-,43-,44-,45-/m0/s1. The number of nitrogens with zero attached hydrogens (tertiary/aromatic N) is 3. The van der Waals surface area contributed by atoms with Gasteiger partial charge in [0.15, 0.2) is 0 Å². The summed E-state index contributed by atoms with van der Waals surface area (Å²) in [5.41, 5.74) is 8.87. The first-order chi connectivity index (χ1) is 34.8. The van der Waals surface area contributed by atoms with E-state index in [9.17, 15) is 43.8 Å². The number of nitrogens with one attached hydrogen (secondary N) is 8. The van der Waals surface area contributed by atoms with Gasteiger partial charge in [0.05, 0.1) is 24.7 Å². The van der Waals surface area contributed by atoms with Crippen molar-refractivity contribution in [2.45, 2.75) is 141 Å². The van der Waals surface area contributed by atoms with Gasteiger partial charge < -0.3 is 62.7 Å². The third kappa shape index (κ3) is 17.8. The number of aromatic hydroxyl groups is 1. The summed E-state index contributed by atoms with van der Waals surface area (Å²) in [6, 6.07) is 7.21. The van der Waals surface area contributed by atoms with Crippen molar-refractivity contribution in [2.75, 3.05) is 13.1 Å². The molecule has 5 rings (SSSR count). The van der Waals surface area contributed by atoms with Gasteiger partial charge in [0.2, 0.25) is 35.4 Å². The first-order valence-electron chi connectivity index (χ1n) is 25.1. The zero-order valence-corrected chi connectivity index (χ0v) is 42.6. The van der Waals surface area contributed by atoms with Crippen LogP contribution in [-0.4, -0.2) is 138 Å². The summed E-state index contributed by atoms with van der Waals surface area (Å²) in [5, 5.41) is 37.3. The molecule has 1 aliphatic heterocycles. The fourth-order valence-corrected chi connectivity index (χ4v) is 8.88. The number of amides is 6. The number of carbonyl (C=O) groups is 7.